The van der Waals surface area contributed by atoms with Gasteiger partial charge in [-0.2, -0.15) is 13.2 Å². The van der Waals surface area contributed by atoms with Crippen LogP contribution in [-0.2, 0) is 6.18 Å². The Bertz CT molecular complexity index is 904. The van der Waals surface area contributed by atoms with Crippen molar-refractivity contribution in [2.75, 3.05) is 14.2 Å². The van der Waals surface area contributed by atoms with Gasteiger partial charge in [-0.25, -0.2) is 0 Å². The maximum atomic E-state index is 12.8. The van der Waals surface area contributed by atoms with Crippen LogP contribution in [0.15, 0.2) is 36.5 Å². The Kier molecular flexibility index (Phi) is 6.18. The van der Waals surface area contributed by atoms with Crippen LogP contribution in [0.3, 0.4) is 0 Å². The number of nitrogens with zero attached hydrogens (tertiary/aromatic N) is 1. The quantitative estimate of drug-likeness (QED) is 0.677. The zero-order valence-electron chi connectivity index (χ0n) is 16.2. The summed E-state index contributed by atoms with van der Waals surface area (Å²) in [4.78, 5) is 16.1. The number of carbonyl (C=O) groups is 1. The number of nitrogens with one attached hydrogen (secondary N) is 1. The number of aromatic nitrogens is 1. The van der Waals surface area contributed by atoms with Gasteiger partial charge in [0.05, 0.1) is 26.4 Å². The van der Waals surface area contributed by atoms with Gasteiger partial charge in [0.2, 0.25) is 0 Å². The highest BCUT2D eigenvalue weighted by atomic mass is 19.4. The molecule has 10 heteroatoms. The van der Waals surface area contributed by atoms with Gasteiger partial charge in [0, 0.05) is 17.7 Å². The first-order valence-electron chi connectivity index (χ1n) is 9.08. The highest BCUT2D eigenvalue weighted by Crippen LogP contribution is 2.37. The van der Waals surface area contributed by atoms with Crippen molar-refractivity contribution in [3.63, 3.8) is 0 Å². The third-order valence-electron chi connectivity index (χ3n) is 5.14. The summed E-state index contributed by atoms with van der Waals surface area (Å²) >= 11 is 0. The van der Waals surface area contributed by atoms with E-state index in [2.05, 4.69) is 10.3 Å². The van der Waals surface area contributed by atoms with Crippen molar-refractivity contribution in [1.29, 1.82) is 0 Å². The molecule has 0 spiro atoms. The molecule has 0 unspecified atom stereocenters. The predicted molar refractivity (Wildman–Crippen MR) is 99.4 cm³/mol. The van der Waals surface area contributed by atoms with Crippen molar-refractivity contribution in [1.82, 2.24) is 10.3 Å². The Morgan fingerprint density at radius 3 is 2.40 bits per heavy atom. The molecule has 3 rings (SSSR count). The lowest BCUT2D eigenvalue weighted by Crippen LogP contribution is -2.45. The Hall–Kier alpha value is -2.85. The summed E-state index contributed by atoms with van der Waals surface area (Å²) in [6, 6.07) is 5.66. The summed E-state index contributed by atoms with van der Waals surface area (Å²) in [5, 5.41) is 23.1. The number of ether oxygens (including phenoxy) is 2. The SMILES string of the molecule is COc1ccc(C(=O)N[C@H]2[C@H](O)[C@H](O)C[C@@H]2c2ccc(C(F)(F)F)nc2)cc1OC. The van der Waals surface area contributed by atoms with E-state index >= 15 is 0 Å². The second-order valence-corrected chi connectivity index (χ2v) is 6.94. The van der Waals surface area contributed by atoms with Crippen molar-refractivity contribution >= 4 is 5.91 Å². The standard InChI is InChI=1S/C20H21F3N2O5/c1-29-14-5-3-10(7-15(14)30-2)19(28)25-17-12(8-13(26)18(17)27)11-4-6-16(24-9-11)20(21,22)23/h3-7,9,12-13,17-18,26-27H,8H2,1-2H3,(H,25,28)/t12-,13-,17-,18-/m1/s1. The second kappa shape index (κ2) is 8.49. The normalized spacial score (nSPS) is 23.8. The molecular weight excluding hydrogens is 405 g/mol. The Labute approximate surface area is 170 Å². The van der Waals surface area contributed by atoms with E-state index in [0.717, 1.165) is 12.3 Å². The van der Waals surface area contributed by atoms with Crippen LogP contribution in [0.1, 0.15) is 34.0 Å². The molecule has 1 aliphatic carbocycles. The fourth-order valence-corrected chi connectivity index (χ4v) is 3.56. The van der Waals surface area contributed by atoms with Crippen molar-refractivity contribution in [2.45, 2.75) is 36.8 Å². The van der Waals surface area contributed by atoms with Gasteiger partial charge >= 0.3 is 6.18 Å². The first kappa shape index (κ1) is 21.8. The van der Waals surface area contributed by atoms with E-state index in [1.807, 2.05) is 0 Å². The molecule has 0 saturated heterocycles. The maximum absolute atomic E-state index is 12.8. The van der Waals surface area contributed by atoms with Gasteiger partial charge in [0.25, 0.3) is 5.91 Å². The molecule has 0 aliphatic heterocycles. The van der Waals surface area contributed by atoms with Gasteiger partial charge in [0.1, 0.15) is 11.8 Å². The van der Waals surface area contributed by atoms with E-state index in [0.29, 0.717) is 17.1 Å². The number of carbonyl (C=O) groups excluding carboxylic acids is 1. The summed E-state index contributed by atoms with van der Waals surface area (Å²) in [6.07, 6.45) is -5.90. The summed E-state index contributed by atoms with van der Waals surface area (Å²) in [5.74, 6) is -0.396. The molecule has 1 amide bonds. The molecule has 0 bridgehead atoms. The van der Waals surface area contributed by atoms with E-state index in [1.165, 1.54) is 32.4 Å². The number of methoxy groups -OCH3 is 2. The number of amides is 1. The molecule has 2 aromatic rings. The zero-order chi connectivity index (χ0) is 22.1. The number of rotatable bonds is 5. The van der Waals surface area contributed by atoms with E-state index in [9.17, 15) is 28.2 Å². The van der Waals surface area contributed by atoms with Crippen LogP contribution in [0.25, 0.3) is 0 Å². The van der Waals surface area contributed by atoms with Crippen molar-refractivity contribution < 1.29 is 37.7 Å². The molecule has 1 fully saturated rings. The number of aliphatic hydroxyl groups excluding tert-OH is 2. The highest BCUT2D eigenvalue weighted by molar-refractivity contribution is 5.95. The molecule has 4 atom stereocenters. The first-order valence-corrected chi connectivity index (χ1v) is 9.08. The summed E-state index contributed by atoms with van der Waals surface area (Å²) in [5.41, 5.74) is -0.446. The lowest BCUT2D eigenvalue weighted by Gasteiger charge is -2.24. The largest absolute Gasteiger partial charge is 0.493 e. The number of hydrogen-bond acceptors (Lipinski definition) is 6. The molecule has 7 nitrogen and oxygen atoms in total. The van der Waals surface area contributed by atoms with Crippen molar-refractivity contribution in [2.24, 2.45) is 0 Å². The third kappa shape index (κ3) is 4.34. The van der Waals surface area contributed by atoms with Gasteiger partial charge in [-0.15, -0.1) is 0 Å². The smallest absolute Gasteiger partial charge is 0.433 e. The molecule has 1 aromatic heterocycles. The number of halogens is 3. The molecule has 1 aromatic carbocycles. The van der Waals surface area contributed by atoms with Gasteiger partial charge in [-0.3, -0.25) is 9.78 Å². The van der Waals surface area contributed by atoms with E-state index in [1.54, 1.807) is 6.07 Å². The summed E-state index contributed by atoms with van der Waals surface area (Å²) < 4.78 is 48.6. The minimum absolute atomic E-state index is 0.0606. The molecular formula is C20H21F3N2O5. The topological polar surface area (TPSA) is 101 Å². The van der Waals surface area contributed by atoms with Crippen molar-refractivity contribution in [3.05, 3.63) is 53.3 Å². The van der Waals surface area contributed by atoms with Gasteiger partial charge in [-0.1, -0.05) is 6.07 Å². The summed E-state index contributed by atoms with van der Waals surface area (Å²) in [6.45, 7) is 0. The van der Waals surface area contributed by atoms with Crippen LogP contribution >= 0.6 is 0 Å². The monoisotopic (exact) mass is 426 g/mol. The molecule has 3 N–H and O–H groups in total. The van der Waals surface area contributed by atoms with Crippen LogP contribution in [0, 0.1) is 0 Å². The molecule has 30 heavy (non-hydrogen) atoms. The molecule has 162 valence electrons. The minimum Gasteiger partial charge on any atom is -0.493 e. The Morgan fingerprint density at radius 2 is 1.83 bits per heavy atom. The fraction of sp³-hybridized carbons (Fsp3) is 0.400. The maximum Gasteiger partial charge on any atom is 0.433 e. The first-order chi connectivity index (χ1) is 14.2. The third-order valence-corrected chi connectivity index (χ3v) is 5.14. The van der Waals surface area contributed by atoms with Gasteiger partial charge in [0.15, 0.2) is 11.5 Å². The average Bonchev–Trinajstić information content (AvgIpc) is 3.01. The van der Waals surface area contributed by atoms with E-state index < -0.39 is 41.9 Å². The molecule has 1 aliphatic rings. The number of hydrogen-bond donors (Lipinski definition) is 3. The highest BCUT2D eigenvalue weighted by Gasteiger charge is 2.43. The number of pyridine rings is 1. The number of aliphatic hydroxyl groups is 2. The lowest BCUT2D eigenvalue weighted by atomic mass is 9.94. The zero-order valence-corrected chi connectivity index (χ0v) is 16.2. The number of alkyl halides is 3. The minimum atomic E-state index is -4.58. The van der Waals surface area contributed by atoms with Gasteiger partial charge in [-0.05, 0) is 36.2 Å². The fourth-order valence-electron chi connectivity index (χ4n) is 3.56. The van der Waals surface area contributed by atoms with Crippen LogP contribution < -0.4 is 14.8 Å². The Balaban J connectivity index is 1.83. The summed E-state index contributed by atoms with van der Waals surface area (Å²) in [7, 11) is 2.88. The molecule has 1 heterocycles. The van der Waals surface area contributed by atoms with E-state index in [-0.39, 0.29) is 12.0 Å². The van der Waals surface area contributed by atoms with Crippen molar-refractivity contribution in [3.8, 4) is 11.5 Å². The number of benzene rings is 1. The van der Waals surface area contributed by atoms with Crippen LogP contribution in [0.2, 0.25) is 0 Å². The average molecular weight is 426 g/mol. The van der Waals surface area contributed by atoms with Crippen LogP contribution in [0.5, 0.6) is 11.5 Å². The van der Waals surface area contributed by atoms with Crippen LogP contribution in [0.4, 0.5) is 13.2 Å². The molecule has 1 saturated carbocycles. The lowest BCUT2D eigenvalue weighted by molar-refractivity contribution is -0.141. The Morgan fingerprint density at radius 1 is 1.13 bits per heavy atom. The molecule has 0 radical (unpaired) electrons. The predicted octanol–water partition coefficient (Wildman–Crippen LogP) is 2.13. The second-order valence-electron chi connectivity index (χ2n) is 6.94. The van der Waals surface area contributed by atoms with Gasteiger partial charge < -0.3 is 25.0 Å². The van der Waals surface area contributed by atoms with Crippen LogP contribution in [-0.4, -0.2) is 53.6 Å². The van der Waals surface area contributed by atoms with E-state index in [4.69, 9.17) is 9.47 Å².